The van der Waals surface area contributed by atoms with Crippen LogP contribution >= 0.6 is 0 Å². The van der Waals surface area contributed by atoms with E-state index in [1.807, 2.05) is 12.1 Å². The van der Waals surface area contributed by atoms with Gasteiger partial charge in [-0.3, -0.25) is 10.1 Å². The van der Waals surface area contributed by atoms with Crippen molar-refractivity contribution >= 4 is 11.4 Å². The van der Waals surface area contributed by atoms with Gasteiger partial charge in [0, 0.05) is 36.4 Å². The number of benzene rings is 1. The van der Waals surface area contributed by atoms with E-state index in [-0.39, 0.29) is 10.6 Å². The lowest BCUT2D eigenvalue weighted by atomic mass is 10.1. The third kappa shape index (κ3) is 3.48. The molecule has 1 aliphatic heterocycles. The third-order valence-electron chi connectivity index (χ3n) is 3.85. The molecule has 20 heavy (non-hydrogen) atoms. The normalized spacial score (nSPS) is 18.2. The van der Waals surface area contributed by atoms with Gasteiger partial charge in [-0.25, -0.2) is 0 Å². The minimum atomic E-state index is -0.295. The Hall–Kier alpha value is -1.62. The molecule has 0 spiro atoms. The largest absolute Gasteiger partial charge is 0.370 e. The average molecular weight is 277 g/mol. The maximum atomic E-state index is 11.1. The molecule has 0 aliphatic carbocycles. The van der Waals surface area contributed by atoms with E-state index < -0.39 is 0 Å². The lowest BCUT2D eigenvalue weighted by Gasteiger charge is -2.27. The highest BCUT2D eigenvalue weighted by Crippen LogP contribution is 2.26. The summed E-state index contributed by atoms with van der Waals surface area (Å²) in [6.45, 7) is 6.85. The van der Waals surface area contributed by atoms with E-state index in [2.05, 4.69) is 17.1 Å². The van der Waals surface area contributed by atoms with Crippen LogP contribution < -0.4 is 10.2 Å². The summed E-state index contributed by atoms with van der Waals surface area (Å²) in [6.07, 6.45) is 3.45. The SMILES string of the molecule is CCCN(CC1CCCN1)c1ccc(C)c([N+](=O)[O-])c1. The lowest BCUT2D eigenvalue weighted by Crippen LogP contribution is -2.38. The minimum absolute atomic E-state index is 0.211. The second kappa shape index (κ2) is 6.70. The second-order valence-electron chi connectivity index (χ2n) is 5.47. The van der Waals surface area contributed by atoms with Crippen LogP contribution in [-0.4, -0.2) is 30.6 Å². The van der Waals surface area contributed by atoms with Crippen LogP contribution in [-0.2, 0) is 0 Å². The highest BCUT2D eigenvalue weighted by Gasteiger charge is 2.20. The van der Waals surface area contributed by atoms with Crippen LogP contribution in [0.25, 0.3) is 0 Å². The van der Waals surface area contributed by atoms with Gasteiger partial charge in [0.25, 0.3) is 5.69 Å². The number of aryl methyl sites for hydroxylation is 1. The number of anilines is 1. The Bertz CT molecular complexity index is 470. The minimum Gasteiger partial charge on any atom is -0.370 e. The Morgan fingerprint density at radius 1 is 1.50 bits per heavy atom. The fourth-order valence-corrected chi connectivity index (χ4v) is 2.77. The Labute approximate surface area is 120 Å². The van der Waals surface area contributed by atoms with Gasteiger partial charge in [-0.1, -0.05) is 13.0 Å². The van der Waals surface area contributed by atoms with Gasteiger partial charge in [-0.2, -0.15) is 0 Å². The van der Waals surface area contributed by atoms with Gasteiger partial charge in [0.1, 0.15) is 0 Å². The van der Waals surface area contributed by atoms with E-state index in [1.165, 1.54) is 12.8 Å². The van der Waals surface area contributed by atoms with Gasteiger partial charge >= 0.3 is 0 Å². The van der Waals surface area contributed by atoms with Gasteiger partial charge in [0.15, 0.2) is 0 Å². The molecule has 1 atom stereocenters. The summed E-state index contributed by atoms with van der Waals surface area (Å²) in [6, 6.07) is 6.05. The summed E-state index contributed by atoms with van der Waals surface area (Å²) in [5.41, 5.74) is 1.88. The quantitative estimate of drug-likeness (QED) is 0.641. The van der Waals surface area contributed by atoms with Crippen LogP contribution in [0.15, 0.2) is 18.2 Å². The highest BCUT2D eigenvalue weighted by atomic mass is 16.6. The van der Waals surface area contributed by atoms with Crippen molar-refractivity contribution in [3.05, 3.63) is 33.9 Å². The van der Waals surface area contributed by atoms with Gasteiger partial charge in [0.05, 0.1) is 4.92 Å². The highest BCUT2D eigenvalue weighted by molar-refractivity contribution is 5.56. The fourth-order valence-electron chi connectivity index (χ4n) is 2.77. The first kappa shape index (κ1) is 14.8. The lowest BCUT2D eigenvalue weighted by molar-refractivity contribution is -0.385. The summed E-state index contributed by atoms with van der Waals surface area (Å²) < 4.78 is 0. The molecule has 5 heteroatoms. The molecule has 110 valence electrons. The molecule has 5 nitrogen and oxygen atoms in total. The third-order valence-corrected chi connectivity index (χ3v) is 3.85. The number of nitrogens with zero attached hydrogens (tertiary/aromatic N) is 2. The summed E-state index contributed by atoms with van der Waals surface area (Å²) in [4.78, 5) is 13.0. The van der Waals surface area contributed by atoms with Crippen LogP contribution in [0, 0.1) is 17.0 Å². The molecule has 1 unspecified atom stereocenters. The van der Waals surface area contributed by atoms with E-state index in [1.54, 1.807) is 13.0 Å². The van der Waals surface area contributed by atoms with Crippen LogP contribution in [0.4, 0.5) is 11.4 Å². The van der Waals surface area contributed by atoms with E-state index in [0.717, 1.165) is 31.7 Å². The van der Waals surface area contributed by atoms with Gasteiger partial charge in [-0.05, 0) is 38.8 Å². The van der Waals surface area contributed by atoms with E-state index >= 15 is 0 Å². The first-order valence-corrected chi connectivity index (χ1v) is 7.35. The zero-order valence-electron chi connectivity index (χ0n) is 12.3. The molecule has 1 heterocycles. The van der Waals surface area contributed by atoms with Gasteiger partial charge in [0.2, 0.25) is 0 Å². The van der Waals surface area contributed by atoms with E-state index in [0.29, 0.717) is 11.6 Å². The maximum Gasteiger partial charge on any atom is 0.274 e. The molecular weight excluding hydrogens is 254 g/mol. The fraction of sp³-hybridized carbons (Fsp3) is 0.600. The molecule has 2 rings (SSSR count). The van der Waals surface area contributed by atoms with Crippen LogP contribution in [0.5, 0.6) is 0 Å². The van der Waals surface area contributed by atoms with Crippen molar-refractivity contribution in [1.82, 2.24) is 5.32 Å². The second-order valence-corrected chi connectivity index (χ2v) is 5.47. The summed E-state index contributed by atoms with van der Waals surface area (Å²) in [7, 11) is 0. The molecule has 1 aromatic rings. The molecule has 1 aromatic carbocycles. The molecule has 1 N–H and O–H groups in total. The number of nitro groups is 1. The zero-order valence-corrected chi connectivity index (χ0v) is 12.3. The monoisotopic (exact) mass is 277 g/mol. The first-order chi connectivity index (χ1) is 9.61. The van der Waals surface area contributed by atoms with Crippen LogP contribution in [0.2, 0.25) is 0 Å². The predicted octanol–water partition coefficient (Wildman–Crippen LogP) is 2.87. The van der Waals surface area contributed by atoms with Gasteiger partial charge in [-0.15, -0.1) is 0 Å². The molecule has 1 saturated heterocycles. The Balaban J connectivity index is 2.19. The predicted molar refractivity (Wildman–Crippen MR) is 81.4 cm³/mol. The maximum absolute atomic E-state index is 11.1. The smallest absolute Gasteiger partial charge is 0.274 e. The van der Waals surface area contributed by atoms with Crippen molar-refractivity contribution in [2.45, 2.75) is 39.2 Å². The summed E-state index contributed by atoms with van der Waals surface area (Å²) in [5, 5.41) is 14.6. The number of nitro benzene ring substituents is 1. The van der Waals surface area contributed by atoms with Crippen LogP contribution in [0.3, 0.4) is 0 Å². The number of hydrogen-bond acceptors (Lipinski definition) is 4. The Morgan fingerprint density at radius 3 is 2.90 bits per heavy atom. The van der Waals surface area contributed by atoms with Crippen molar-refractivity contribution in [2.75, 3.05) is 24.5 Å². The molecule has 0 bridgehead atoms. The van der Waals surface area contributed by atoms with Crippen molar-refractivity contribution in [2.24, 2.45) is 0 Å². The molecule has 0 radical (unpaired) electrons. The molecular formula is C15H23N3O2. The van der Waals surface area contributed by atoms with E-state index in [4.69, 9.17) is 0 Å². The topological polar surface area (TPSA) is 58.4 Å². The molecule has 0 aromatic heterocycles. The standard InChI is InChI=1S/C15H23N3O2/c1-3-9-17(11-13-5-4-8-16-13)14-7-6-12(2)15(10-14)18(19)20/h6-7,10,13,16H,3-5,8-9,11H2,1-2H3. The van der Waals surface area contributed by atoms with Gasteiger partial charge < -0.3 is 10.2 Å². The molecule has 1 fully saturated rings. The number of hydrogen-bond donors (Lipinski definition) is 1. The Morgan fingerprint density at radius 2 is 2.30 bits per heavy atom. The van der Waals surface area contributed by atoms with Crippen LogP contribution in [0.1, 0.15) is 31.7 Å². The summed E-state index contributed by atoms with van der Waals surface area (Å²) >= 11 is 0. The molecule has 0 saturated carbocycles. The number of rotatable bonds is 6. The first-order valence-electron chi connectivity index (χ1n) is 7.35. The molecule has 0 amide bonds. The van der Waals surface area contributed by atoms with E-state index in [9.17, 15) is 10.1 Å². The molecule has 1 aliphatic rings. The average Bonchev–Trinajstić information content (AvgIpc) is 2.91. The van der Waals surface area contributed by atoms with Crippen molar-refractivity contribution < 1.29 is 4.92 Å². The van der Waals surface area contributed by atoms with Crippen molar-refractivity contribution in [3.8, 4) is 0 Å². The van der Waals surface area contributed by atoms with Crippen molar-refractivity contribution in [1.29, 1.82) is 0 Å². The van der Waals surface area contributed by atoms with Crippen molar-refractivity contribution in [3.63, 3.8) is 0 Å². The number of nitrogens with one attached hydrogen (secondary N) is 1. The zero-order chi connectivity index (χ0) is 14.5. The summed E-state index contributed by atoms with van der Waals surface area (Å²) in [5.74, 6) is 0. The Kier molecular flexibility index (Phi) is 4.95.